The van der Waals surface area contributed by atoms with Gasteiger partial charge >= 0.3 is 0 Å². The van der Waals surface area contributed by atoms with Gasteiger partial charge in [0, 0.05) is 12.2 Å². The van der Waals surface area contributed by atoms with Crippen LogP contribution in [0.5, 0.6) is 0 Å². The smallest absolute Gasteiger partial charge is 0.250 e. The quantitative estimate of drug-likeness (QED) is 0.777. The number of halogens is 2. The summed E-state index contributed by atoms with van der Waals surface area (Å²) in [4.78, 5) is 4.05. The average molecular weight is 186 g/mol. The Morgan fingerprint density at radius 1 is 1.46 bits per heavy atom. The normalized spacial score (nSPS) is 13.2. The van der Waals surface area contributed by atoms with Gasteiger partial charge in [-0.15, -0.1) is 0 Å². The Bertz CT molecular complexity index is 239. The van der Waals surface area contributed by atoms with E-state index in [1.807, 2.05) is 19.1 Å². The van der Waals surface area contributed by atoms with Crippen molar-refractivity contribution in [1.29, 1.82) is 0 Å². The summed E-state index contributed by atoms with van der Waals surface area (Å²) < 4.78 is 23.7. The van der Waals surface area contributed by atoms with Crippen LogP contribution in [0.1, 0.15) is 18.7 Å². The van der Waals surface area contributed by atoms with Gasteiger partial charge in [-0.05, 0) is 19.1 Å². The maximum atomic E-state index is 11.8. The van der Waals surface area contributed by atoms with Crippen molar-refractivity contribution in [2.24, 2.45) is 0 Å². The Labute approximate surface area is 76.0 Å². The second kappa shape index (κ2) is 4.87. The molecule has 1 aromatic heterocycles. The third-order valence-corrected chi connectivity index (χ3v) is 1.71. The third kappa shape index (κ3) is 3.46. The molecule has 0 aliphatic carbocycles. The van der Waals surface area contributed by atoms with Crippen LogP contribution in [0.25, 0.3) is 0 Å². The van der Waals surface area contributed by atoms with Gasteiger partial charge in [-0.2, -0.15) is 0 Å². The summed E-state index contributed by atoms with van der Waals surface area (Å²) in [6.07, 6.45) is -0.665. The zero-order valence-corrected chi connectivity index (χ0v) is 7.37. The lowest BCUT2D eigenvalue weighted by Crippen LogP contribution is -2.25. The van der Waals surface area contributed by atoms with Gasteiger partial charge in [0.15, 0.2) is 0 Å². The van der Waals surface area contributed by atoms with Gasteiger partial charge in [-0.25, -0.2) is 8.78 Å². The molecular formula is C9H12F2N2. The van der Waals surface area contributed by atoms with Crippen molar-refractivity contribution >= 4 is 0 Å². The fraction of sp³-hybridized carbons (Fsp3) is 0.444. The molecule has 1 aromatic rings. The molecule has 0 radical (unpaired) electrons. The van der Waals surface area contributed by atoms with Crippen molar-refractivity contribution in [2.75, 3.05) is 6.54 Å². The minimum Gasteiger partial charge on any atom is -0.303 e. The van der Waals surface area contributed by atoms with Crippen LogP contribution in [0.4, 0.5) is 8.78 Å². The first-order valence-corrected chi connectivity index (χ1v) is 4.12. The molecule has 0 aliphatic heterocycles. The Hall–Kier alpha value is -1.03. The van der Waals surface area contributed by atoms with Crippen molar-refractivity contribution < 1.29 is 8.78 Å². The fourth-order valence-corrected chi connectivity index (χ4v) is 1.00. The lowest BCUT2D eigenvalue weighted by atomic mass is 10.2. The van der Waals surface area contributed by atoms with Crippen LogP contribution in [0, 0.1) is 0 Å². The molecule has 0 saturated heterocycles. The maximum Gasteiger partial charge on any atom is 0.250 e. The largest absolute Gasteiger partial charge is 0.303 e. The molecule has 0 bridgehead atoms. The molecular weight excluding hydrogens is 174 g/mol. The van der Waals surface area contributed by atoms with Crippen LogP contribution in [0.15, 0.2) is 24.4 Å². The standard InChI is InChI=1S/C9H12F2N2/c1-7(13-6-9(10)11)8-4-2-3-5-12-8/h2-5,7,9,13H,6H2,1H3/t7-/m0/s1. The molecule has 0 spiro atoms. The van der Waals surface area contributed by atoms with Crippen LogP contribution in [0.2, 0.25) is 0 Å². The summed E-state index contributed by atoms with van der Waals surface area (Å²) in [5.74, 6) is 0. The highest BCUT2D eigenvalue weighted by Crippen LogP contribution is 2.07. The van der Waals surface area contributed by atoms with Crippen molar-refractivity contribution in [3.63, 3.8) is 0 Å². The predicted octanol–water partition coefficient (Wildman–Crippen LogP) is 2.00. The SMILES string of the molecule is C[C@H](NCC(F)F)c1ccccn1. The van der Waals surface area contributed by atoms with Gasteiger partial charge in [-0.1, -0.05) is 6.07 Å². The highest BCUT2D eigenvalue weighted by molar-refractivity contribution is 5.07. The lowest BCUT2D eigenvalue weighted by molar-refractivity contribution is 0.142. The average Bonchev–Trinajstić information content (AvgIpc) is 2.15. The van der Waals surface area contributed by atoms with E-state index >= 15 is 0 Å². The highest BCUT2D eigenvalue weighted by Gasteiger charge is 2.08. The number of aromatic nitrogens is 1. The Balaban J connectivity index is 2.44. The van der Waals surface area contributed by atoms with E-state index in [1.165, 1.54) is 0 Å². The summed E-state index contributed by atoms with van der Waals surface area (Å²) in [5, 5.41) is 2.69. The first kappa shape index (κ1) is 10.1. The molecule has 0 unspecified atom stereocenters. The van der Waals surface area contributed by atoms with Crippen molar-refractivity contribution in [1.82, 2.24) is 10.3 Å². The minimum atomic E-state index is -2.31. The second-order valence-corrected chi connectivity index (χ2v) is 2.78. The molecule has 1 heterocycles. The topological polar surface area (TPSA) is 24.9 Å². The number of pyridine rings is 1. The van der Waals surface area contributed by atoms with E-state index in [4.69, 9.17) is 0 Å². The van der Waals surface area contributed by atoms with E-state index < -0.39 is 6.43 Å². The van der Waals surface area contributed by atoms with Crippen LogP contribution in [-0.2, 0) is 0 Å². The van der Waals surface area contributed by atoms with Crippen LogP contribution < -0.4 is 5.32 Å². The number of alkyl halides is 2. The minimum absolute atomic E-state index is 0.129. The molecule has 1 N–H and O–H groups in total. The van der Waals surface area contributed by atoms with E-state index in [1.54, 1.807) is 12.3 Å². The third-order valence-electron chi connectivity index (χ3n) is 1.71. The predicted molar refractivity (Wildman–Crippen MR) is 46.7 cm³/mol. The molecule has 0 saturated carbocycles. The van der Waals surface area contributed by atoms with Gasteiger partial charge in [0.25, 0.3) is 6.43 Å². The summed E-state index contributed by atoms with van der Waals surface area (Å²) in [6.45, 7) is 1.52. The number of nitrogens with one attached hydrogen (secondary N) is 1. The summed E-state index contributed by atoms with van der Waals surface area (Å²) in [5.41, 5.74) is 0.781. The second-order valence-electron chi connectivity index (χ2n) is 2.78. The van der Waals surface area contributed by atoms with Gasteiger partial charge in [0.1, 0.15) is 0 Å². The summed E-state index contributed by atoms with van der Waals surface area (Å²) >= 11 is 0. The summed E-state index contributed by atoms with van der Waals surface area (Å²) in [6, 6.07) is 5.31. The molecule has 0 aliphatic rings. The fourth-order valence-electron chi connectivity index (χ4n) is 1.00. The van der Waals surface area contributed by atoms with Gasteiger partial charge in [0.05, 0.1) is 12.2 Å². The Morgan fingerprint density at radius 3 is 2.77 bits per heavy atom. The van der Waals surface area contributed by atoms with Crippen molar-refractivity contribution in [3.05, 3.63) is 30.1 Å². The van der Waals surface area contributed by atoms with Crippen LogP contribution in [-0.4, -0.2) is 18.0 Å². The molecule has 0 amide bonds. The zero-order chi connectivity index (χ0) is 9.68. The summed E-state index contributed by atoms with van der Waals surface area (Å²) in [7, 11) is 0. The van der Waals surface area contributed by atoms with Gasteiger partial charge in [0.2, 0.25) is 0 Å². The lowest BCUT2D eigenvalue weighted by Gasteiger charge is -2.12. The van der Waals surface area contributed by atoms with E-state index in [0.717, 1.165) is 5.69 Å². The van der Waals surface area contributed by atoms with Crippen molar-refractivity contribution in [2.45, 2.75) is 19.4 Å². The van der Waals surface area contributed by atoms with Crippen LogP contribution >= 0.6 is 0 Å². The van der Waals surface area contributed by atoms with Crippen LogP contribution in [0.3, 0.4) is 0 Å². The number of hydrogen-bond donors (Lipinski definition) is 1. The van der Waals surface area contributed by atoms with E-state index in [2.05, 4.69) is 10.3 Å². The zero-order valence-electron chi connectivity index (χ0n) is 7.37. The molecule has 1 rings (SSSR count). The molecule has 72 valence electrons. The monoisotopic (exact) mass is 186 g/mol. The van der Waals surface area contributed by atoms with E-state index in [9.17, 15) is 8.78 Å². The van der Waals surface area contributed by atoms with E-state index in [0.29, 0.717) is 0 Å². The van der Waals surface area contributed by atoms with Gasteiger partial charge in [-0.3, -0.25) is 4.98 Å². The molecule has 0 aromatic carbocycles. The number of nitrogens with zero attached hydrogens (tertiary/aromatic N) is 1. The molecule has 0 fully saturated rings. The van der Waals surface area contributed by atoms with E-state index in [-0.39, 0.29) is 12.6 Å². The molecule has 2 nitrogen and oxygen atoms in total. The molecule has 1 atom stereocenters. The van der Waals surface area contributed by atoms with Gasteiger partial charge < -0.3 is 5.32 Å². The first-order chi connectivity index (χ1) is 6.20. The molecule has 4 heteroatoms. The maximum absolute atomic E-state index is 11.8. The van der Waals surface area contributed by atoms with Crippen molar-refractivity contribution in [3.8, 4) is 0 Å². The Morgan fingerprint density at radius 2 is 2.23 bits per heavy atom. The first-order valence-electron chi connectivity index (χ1n) is 4.12. The molecule has 13 heavy (non-hydrogen) atoms. The Kier molecular flexibility index (Phi) is 3.76. The number of rotatable bonds is 4. The highest BCUT2D eigenvalue weighted by atomic mass is 19.3. The number of hydrogen-bond acceptors (Lipinski definition) is 2.